The number of hydrogen-bond acceptors (Lipinski definition) is 5. The van der Waals surface area contributed by atoms with Crippen LogP contribution in [0.2, 0.25) is 0 Å². The molecule has 2 aromatic carbocycles. The molecule has 2 aliphatic heterocycles. The second kappa shape index (κ2) is 10.0. The summed E-state index contributed by atoms with van der Waals surface area (Å²) in [5, 5.41) is 5.52. The predicted molar refractivity (Wildman–Crippen MR) is 126 cm³/mol. The van der Waals surface area contributed by atoms with E-state index in [1.807, 2.05) is 6.07 Å². The topological polar surface area (TPSA) is 73.9 Å². The van der Waals surface area contributed by atoms with Crippen molar-refractivity contribution in [2.45, 2.75) is 31.7 Å². The summed E-state index contributed by atoms with van der Waals surface area (Å²) in [5.74, 6) is -0.816. The van der Waals surface area contributed by atoms with Gasteiger partial charge in [0.25, 0.3) is 0 Å². The highest BCUT2D eigenvalue weighted by atomic mass is 16.5. The number of likely N-dealkylation sites (tertiary alicyclic amines) is 1. The Morgan fingerprint density at radius 3 is 2.59 bits per heavy atom. The molecule has 0 saturated carbocycles. The lowest BCUT2D eigenvalue weighted by Crippen LogP contribution is -2.43. The van der Waals surface area contributed by atoms with Gasteiger partial charge in [-0.05, 0) is 61.7 Å². The van der Waals surface area contributed by atoms with E-state index in [-0.39, 0.29) is 6.04 Å². The molecule has 1 fully saturated rings. The average molecular weight is 437 g/mol. The fourth-order valence-corrected chi connectivity index (χ4v) is 4.68. The molecule has 1 atom stereocenters. The average Bonchev–Trinajstić information content (AvgIpc) is 3.20. The maximum absolute atomic E-state index is 12.6. The second-order valence-electron chi connectivity index (χ2n) is 8.54. The van der Waals surface area contributed by atoms with E-state index in [1.165, 1.54) is 30.3 Å². The molecule has 2 aromatic rings. The number of likely N-dealkylation sites (N-methyl/N-ethyl adjacent to an activating group) is 1. The van der Waals surface area contributed by atoms with E-state index in [1.54, 1.807) is 18.2 Å². The van der Waals surface area contributed by atoms with Gasteiger partial charge in [0.2, 0.25) is 0 Å². The largest absolute Gasteiger partial charge is 0.495 e. The number of benzene rings is 2. The summed E-state index contributed by atoms with van der Waals surface area (Å²) >= 11 is 0. The van der Waals surface area contributed by atoms with E-state index in [9.17, 15) is 9.59 Å². The molecule has 2 amide bonds. The molecule has 0 radical (unpaired) electrons. The van der Waals surface area contributed by atoms with E-state index in [0.29, 0.717) is 18.0 Å². The molecule has 2 N–H and O–H groups in total. The van der Waals surface area contributed by atoms with Gasteiger partial charge < -0.3 is 20.3 Å². The number of anilines is 2. The maximum atomic E-state index is 12.6. The Morgan fingerprint density at radius 1 is 1.03 bits per heavy atom. The van der Waals surface area contributed by atoms with E-state index >= 15 is 0 Å². The molecule has 1 unspecified atom stereocenters. The van der Waals surface area contributed by atoms with Crippen LogP contribution in [0.3, 0.4) is 0 Å². The Morgan fingerprint density at radius 2 is 1.81 bits per heavy atom. The number of rotatable bonds is 6. The summed E-state index contributed by atoms with van der Waals surface area (Å²) in [6.07, 6.45) is 4.60. The number of nitrogens with one attached hydrogen (secondary N) is 2. The smallest absolute Gasteiger partial charge is 0.313 e. The number of fused-ring (bicyclic) bond motifs is 1. The first-order valence-corrected chi connectivity index (χ1v) is 11.4. The highest BCUT2D eigenvalue weighted by Crippen LogP contribution is 2.32. The van der Waals surface area contributed by atoms with Crippen molar-refractivity contribution >= 4 is 23.2 Å². The van der Waals surface area contributed by atoms with Crippen molar-refractivity contribution in [3.8, 4) is 5.75 Å². The van der Waals surface area contributed by atoms with Gasteiger partial charge in [0.1, 0.15) is 5.75 Å². The third kappa shape index (κ3) is 4.88. The number of methoxy groups -OCH3 is 1. The molecule has 4 rings (SSSR count). The molecule has 7 nitrogen and oxygen atoms in total. The van der Waals surface area contributed by atoms with Crippen LogP contribution in [0.25, 0.3) is 0 Å². The van der Waals surface area contributed by atoms with E-state index in [4.69, 9.17) is 4.74 Å². The first kappa shape index (κ1) is 22.1. The minimum absolute atomic E-state index is 0.0505. The van der Waals surface area contributed by atoms with Crippen molar-refractivity contribution in [1.29, 1.82) is 0 Å². The molecule has 32 heavy (non-hydrogen) atoms. The standard InChI is InChI=1S/C25H32N4O3/c1-28-15-12-19-16-18(10-11-21(19)28)22(29-13-6-3-7-14-29)17-26-24(30)25(31)27-20-8-4-5-9-23(20)32-2/h4-5,8-11,16,22H,3,6-7,12-15,17H2,1-2H3,(H,26,30)(H,27,31). The minimum atomic E-state index is -0.692. The second-order valence-corrected chi connectivity index (χ2v) is 8.54. The molecule has 7 heteroatoms. The molecular formula is C25H32N4O3. The number of carbonyl (C=O) groups excluding carboxylic acids is 2. The Labute approximate surface area is 189 Å². The fraction of sp³-hybridized carbons (Fsp3) is 0.440. The SMILES string of the molecule is COc1ccccc1NC(=O)C(=O)NCC(c1ccc2c(c1)CCN2C)N1CCCCC1. The lowest BCUT2D eigenvalue weighted by molar-refractivity contribution is -0.136. The number of amides is 2. The molecule has 0 bridgehead atoms. The van der Waals surface area contributed by atoms with E-state index < -0.39 is 11.8 Å². The number of piperidine rings is 1. The van der Waals surface area contributed by atoms with Crippen LogP contribution >= 0.6 is 0 Å². The van der Waals surface area contributed by atoms with E-state index in [0.717, 1.165) is 38.9 Å². The van der Waals surface area contributed by atoms with Crippen LogP contribution in [0.15, 0.2) is 42.5 Å². The van der Waals surface area contributed by atoms with Gasteiger partial charge in [-0.1, -0.05) is 30.7 Å². The summed E-state index contributed by atoms with van der Waals surface area (Å²) in [7, 11) is 3.65. The van der Waals surface area contributed by atoms with Gasteiger partial charge in [0, 0.05) is 25.8 Å². The summed E-state index contributed by atoms with van der Waals surface area (Å²) < 4.78 is 5.25. The summed E-state index contributed by atoms with van der Waals surface area (Å²) in [6.45, 7) is 3.44. The lowest BCUT2D eigenvalue weighted by Gasteiger charge is -2.35. The van der Waals surface area contributed by atoms with Crippen molar-refractivity contribution < 1.29 is 14.3 Å². The highest BCUT2D eigenvalue weighted by molar-refractivity contribution is 6.39. The first-order chi connectivity index (χ1) is 15.6. The number of carbonyl (C=O) groups is 2. The molecule has 2 aliphatic rings. The van der Waals surface area contributed by atoms with Gasteiger partial charge in [-0.3, -0.25) is 14.5 Å². The van der Waals surface area contributed by atoms with Crippen molar-refractivity contribution in [1.82, 2.24) is 10.2 Å². The van der Waals surface area contributed by atoms with Gasteiger partial charge in [-0.15, -0.1) is 0 Å². The van der Waals surface area contributed by atoms with Crippen LogP contribution in [0, 0.1) is 0 Å². The molecular weight excluding hydrogens is 404 g/mol. The van der Waals surface area contributed by atoms with Gasteiger partial charge in [-0.2, -0.15) is 0 Å². The zero-order valence-corrected chi connectivity index (χ0v) is 18.9. The Hall–Kier alpha value is -3.06. The molecule has 0 spiro atoms. The van der Waals surface area contributed by atoms with Crippen molar-refractivity contribution in [2.75, 3.05) is 50.6 Å². The number of hydrogen-bond donors (Lipinski definition) is 2. The Balaban J connectivity index is 1.45. The van der Waals surface area contributed by atoms with Crippen LogP contribution in [0.5, 0.6) is 5.75 Å². The fourth-order valence-electron chi connectivity index (χ4n) is 4.68. The monoisotopic (exact) mass is 436 g/mol. The summed E-state index contributed by atoms with van der Waals surface area (Å²) in [4.78, 5) is 29.8. The molecule has 0 aromatic heterocycles. The van der Waals surface area contributed by atoms with Crippen LogP contribution in [-0.2, 0) is 16.0 Å². The maximum Gasteiger partial charge on any atom is 0.313 e. The minimum Gasteiger partial charge on any atom is -0.495 e. The Kier molecular flexibility index (Phi) is 6.95. The molecule has 1 saturated heterocycles. The van der Waals surface area contributed by atoms with Crippen LogP contribution < -0.4 is 20.3 Å². The highest BCUT2D eigenvalue weighted by Gasteiger charge is 2.26. The van der Waals surface area contributed by atoms with Crippen molar-refractivity contribution in [3.63, 3.8) is 0 Å². The summed E-state index contributed by atoms with van der Waals surface area (Å²) in [5.41, 5.74) is 4.32. The zero-order chi connectivity index (χ0) is 22.5. The lowest BCUT2D eigenvalue weighted by atomic mass is 9.98. The molecule has 170 valence electrons. The zero-order valence-electron chi connectivity index (χ0n) is 18.9. The van der Waals surface area contributed by atoms with Crippen LogP contribution in [0.4, 0.5) is 11.4 Å². The number of ether oxygens (including phenoxy) is 1. The molecule has 0 aliphatic carbocycles. The normalized spacial score (nSPS) is 16.9. The van der Waals surface area contributed by atoms with Crippen LogP contribution in [-0.4, -0.2) is 57.1 Å². The van der Waals surface area contributed by atoms with Gasteiger partial charge >= 0.3 is 11.8 Å². The third-order valence-electron chi connectivity index (χ3n) is 6.46. The van der Waals surface area contributed by atoms with Gasteiger partial charge in [-0.25, -0.2) is 0 Å². The van der Waals surface area contributed by atoms with Gasteiger partial charge in [0.05, 0.1) is 18.8 Å². The van der Waals surface area contributed by atoms with Crippen molar-refractivity contribution in [2.24, 2.45) is 0 Å². The first-order valence-electron chi connectivity index (χ1n) is 11.4. The summed E-state index contributed by atoms with van der Waals surface area (Å²) in [6, 6.07) is 13.7. The number of para-hydroxylation sites is 2. The van der Waals surface area contributed by atoms with Crippen molar-refractivity contribution in [3.05, 3.63) is 53.6 Å². The molecule has 2 heterocycles. The number of nitrogens with zero attached hydrogens (tertiary/aromatic N) is 2. The van der Waals surface area contributed by atoms with Gasteiger partial charge in [0.15, 0.2) is 0 Å². The van der Waals surface area contributed by atoms with Crippen LogP contribution in [0.1, 0.15) is 36.4 Å². The third-order valence-corrected chi connectivity index (χ3v) is 6.46. The quantitative estimate of drug-likeness (QED) is 0.681. The predicted octanol–water partition coefficient (Wildman–Crippen LogP) is 2.97. The Bertz CT molecular complexity index is 971. The van der Waals surface area contributed by atoms with E-state index in [2.05, 4.69) is 45.7 Å².